The first-order valence-corrected chi connectivity index (χ1v) is 7.83. The first-order valence-electron chi connectivity index (χ1n) is 7.83. The number of fused-ring (bicyclic) bond motifs is 1. The summed E-state index contributed by atoms with van der Waals surface area (Å²) in [7, 11) is 3.03. The van der Waals surface area contributed by atoms with E-state index < -0.39 is 11.9 Å². The van der Waals surface area contributed by atoms with Gasteiger partial charge < -0.3 is 10.6 Å². The number of aromatic nitrogens is 2. The van der Waals surface area contributed by atoms with Crippen LogP contribution >= 0.6 is 0 Å². The van der Waals surface area contributed by atoms with Crippen LogP contribution in [0.3, 0.4) is 0 Å². The highest BCUT2D eigenvalue weighted by Gasteiger charge is 2.24. The van der Waals surface area contributed by atoms with Crippen molar-refractivity contribution in [2.75, 3.05) is 7.05 Å². The van der Waals surface area contributed by atoms with E-state index >= 15 is 0 Å². The Morgan fingerprint density at radius 2 is 1.83 bits per heavy atom. The highest BCUT2D eigenvalue weighted by atomic mass is 16.2. The Bertz CT molecular complexity index is 826. The SMILES string of the molecule is CNC(=O)C(CC(C)C)NC(=O)c1nn(C)c(=O)c2ccccc12. The Labute approximate surface area is 140 Å². The Hall–Kier alpha value is -2.70. The molecule has 128 valence electrons. The monoisotopic (exact) mass is 330 g/mol. The van der Waals surface area contributed by atoms with E-state index in [1.807, 2.05) is 13.8 Å². The van der Waals surface area contributed by atoms with Gasteiger partial charge in [0.15, 0.2) is 5.69 Å². The third-order valence-electron chi connectivity index (χ3n) is 3.75. The number of carbonyl (C=O) groups is 2. The molecule has 0 aliphatic heterocycles. The number of likely N-dealkylation sites (N-methyl/N-ethyl adjacent to an activating group) is 1. The molecule has 0 bridgehead atoms. The average molecular weight is 330 g/mol. The molecule has 1 aromatic carbocycles. The van der Waals surface area contributed by atoms with E-state index in [9.17, 15) is 14.4 Å². The molecule has 24 heavy (non-hydrogen) atoms. The summed E-state index contributed by atoms with van der Waals surface area (Å²) in [6.45, 7) is 3.95. The molecule has 0 radical (unpaired) electrons. The van der Waals surface area contributed by atoms with Gasteiger partial charge in [0.1, 0.15) is 6.04 Å². The van der Waals surface area contributed by atoms with Gasteiger partial charge in [0.25, 0.3) is 11.5 Å². The van der Waals surface area contributed by atoms with Crippen LogP contribution < -0.4 is 16.2 Å². The van der Waals surface area contributed by atoms with Crippen molar-refractivity contribution in [1.82, 2.24) is 20.4 Å². The van der Waals surface area contributed by atoms with Gasteiger partial charge in [0.2, 0.25) is 5.91 Å². The van der Waals surface area contributed by atoms with Gasteiger partial charge >= 0.3 is 0 Å². The van der Waals surface area contributed by atoms with Gasteiger partial charge in [-0.1, -0.05) is 32.0 Å². The summed E-state index contributed by atoms with van der Waals surface area (Å²) in [5.41, 5.74) is -0.141. The molecule has 2 rings (SSSR count). The highest BCUT2D eigenvalue weighted by molar-refractivity contribution is 6.06. The second kappa shape index (κ2) is 7.25. The van der Waals surface area contributed by atoms with Crippen molar-refractivity contribution in [3.05, 3.63) is 40.3 Å². The Morgan fingerprint density at radius 3 is 2.42 bits per heavy atom. The number of amides is 2. The number of rotatable bonds is 5. The van der Waals surface area contributed by atoms with Crippen molar-refractivity contribution >= 4 is 22.6 Å². The van der Waals surface area contributed by atoms with Crippen molar-refractivity contribution in [3.63, 3.8) is 0 Å². The fourth-order valence-electron chi connectivity index (χ4n) is 2.57. The predicted octanol–water partition coefficient (Wildman–Crippen LogP) is 0.824. The first kappa shape index (κ1) is 17.7. The molecule has 1 unspecified atom stereocenters. The van der Waals surface area contributed by atoms with Crippen LogP contribution in [-0.4, -0.2) is 34.7 Å². The number of nitrogens with one attached hydrogen (secondary N) is 2. The van der Waals surface area contributed by atoms with Crippen LogP contribution in [0.25, 0.3) is 10.8 Å². The molecular weight excluding hydrogens is 308 g/mol. The van der Waals surface area contributed by atoms with Crippen molar-refractivity contribution in [2.24, 2.45) is 13.0 Å². The van der Waals surface area contributed by atoms with Crippen LogP contribution in [0.2, 0.25) is 0 Å². The van der Waals surface area contributed by atoms with Crippen LogP contribution in [0.1, 0.15) is 30.8 Å². The molecule has 2 amide bonds. The quantitative estimate of drug-likeness (QED) is 0.849. The molecule has 0 aliphatic rings. The predicted molar refractivity (Wildman–Crippen MR) is 91.8 cm³/mol. The molecule has 1 aromatic heterocycles. The Kier molecular flexibility index (Phi) is 5.33. The van der Waals surface area contributed by atoms with E-state index in [0.717, 1.165) is 4.68 Å². The number of carbonyl (C=O) groups excluding carboxylic acids is 2. The Morgan fingerprint density at radius 1 is 1.21 bits per heavy atom. The maximum Gasteiger partial charge on any atom is 0.274 e. The van der Waals surface area contributed by atoms with E-state index in [-0.39, 0.29) is 23.1 Å². The summed E-state index contributed by atoms with van der Waals surface area (Å²) in [6, 6.07) is 6.15. The lowest BCUT2D eigenvalue weighted by molar-refractivity contribution is -0.122. The van der Waals surface area contributed by atoms with Gasteiger partial charge in [0.05, 0.1) is 5.39 Å². The zero-order valence-corrected chi connectivity index (χ0v) is 14.3. The second-order valence-electron chi connectivity index (χ2n) is 6.09. The van der Waals surface area contributed by atoms with Crippen molar-refractivity contribution < 1.29 is 9.59 Å². The van der Waals surface area contributed by atoms with Crippen LogP contribution in [0.5, 0.6) is 0 Å². The van der Waals surface area contributed by atoms with Crippen LogP contribution in [0, 0.1) is 5.92 Å². The fourth-order valence-corrected chi connectivity index (χ4v) is 2.57. The molecule has 0 fully saturated rings. The maximum absolute atomic E-state index is 12.7. The van der Waals surface area contributed by atoms with Crippen molar-refractivity contribution in [2.45, 2.75) is 26.3 Å². The second-order valence-corrected chi connectivity index (χ2v) is 6.09. The molecule has 0 saturated carbocycles. The molecule has 1 heterocycles. The van der Waals surface area contributed by atoms with Crippen LogP contribution in [0.15, 0.2) is 29.1 Å². The van der Waals surface area contributed by atoms with E-state index in [2.05, 4.69) is 15.7 Å². The lowest BCUT2D eigenvalue weighted by Gasteiger charge is -2.19. The average Bonchev–Trinajstić information content (AvgIpc) is 2.56. The van der Waals surface area contributed by atoms with E-state index in [0.29, 0.717) is 17.2 Å². The van der Waals surface area contributed by atoms with Crippen LogP contribution in [-0.2, 0) is 11.8 Å². The van der Waals surface area contributed by atoms with Crippen LogP contribution in [0.4, 0.5) is 0 Å². The normalized spacial score (nSPS) is 12.2. The minimum Gasteiger partial charge on any atom is -0.357 e. The highest BCUT2D eigenvalue weighted by Crippen LogP contribution is 2.14. The third-order valence-corrected chi connectivity index (χ3v) is 3.75. The third kappa shape index (κ3) is 3.61. The molecule has 1 atom stereocenters. The zero-order chi connectivity index (χ0) is 17.9. The summed E-state index contributed by atoms with van der Waals surface area (Å²) in [6.07, 6.45) is 0.509. The van der Waals surface area contributed by atoms with Crippen molar-refractivity contribution in [3.8, 4) is 0 Å². The van der Waals surface area contributed by atoms with Crippen molar-refractivity contribution in [1.29, 1.82) is 0 Å². The number of hydrogen-bond donors (Lipinski definition) is 2. The number of nitrogens with zero attached hydrogens (tertiary/aromatic N) is 2. The summed E-state index contributed by atoms with van der Waals surface area (Å²) in [5, 5.41) is 10.2. The minimum atomic E-state index is -0.653. The lowest BCUT2D eigenvalue weighted by atomic mass is 10.0. The molecule has 0 spiro atoms. The van der Waals surface area contributed by atoms with Gasteiger partial charge in [-0.2, -0.15) is 5.10 Å². The minimum absolute atomic E-state index is 0.130. The summed E-state index contributed by atoms with van der Waals surface area (Å²) in [4.78, 5) is 36.8. The van der Waals surface area contributed by atoms with Gasteiger partial charge in [-0.25, -0.2) is 4.68 Å². The summed E-state index contributed by atoms with van der Waals surface area (Å²) in [5.74, 6) is -0.500. The molecule has 7 heteroatoms. The number of benzene rings is 1. The molecular formula is C17H22N4O3. The largest absolute Gasteiger partial charge is 0.357 e. The van der Waals surface area contributed by atoms with E-state index in [1.165, 1.54) is 14.1 Å². The topological polar surface area (TPSA) is 93.1 Å². The Balaban J connectivity index is 2.42. The van der Waals surface area contributed by atoms with Gasteiger partial charge in [0, 0.05) is 19.5 Å². The summed E-state index contributed by atoms with van der Waals surface area (Å²) < 4.78 is 1.13. The van der Waals surface area contributed by atoms with E-state index in [1.54, 1.807) is 24.3 Å². The molecule has 0 aliphatic carbocycles. The lowest BCUT2D eigenvalue weighted by Crippen LogP contribution is -2.47. The molecule has 7 nitrogen and oxygen atoms in total. The standard InChI is InChI=1S/C17H22N4O3/c1-10(2)9-13(15(22)18-3)19-16(23)14-11-7-5-6-8-12(11)17(24)21(4)20-14/h5-8,10,13H,9H2,1-4H3,(H,18,22)(H,19,23). The van der Waals surface area contributed by atoms with Gasteiger partial charge in [-0.05, 0) is 18.4 Å². The van der Waals surface area contributed by atoms with Gasteiger partial charge in [-0.15, -0.1) is 0 Å². The number of hydrogen-bond acceptors (Lipinski definition) is 4. The first-order chi connectivity index (χ1) is 11.3. The summed E-state index contributed by atoms with van der Waals surface area (Å²) >= 11 is 0. The molecule has 2 N–H and O–H groups in total. The smallest absolute Gasteiger partial charge is 0.274 e. The van der Waals surface area contributed by atoms with E-state index in [4.69, 9.17) is 0 Å². The molecule has 0 saturated heterocycles. The fraction of sp³-hybridized carbons (Fsp3) is 0.412. The zero-order valence-electron chi connectivity index (χ0n) is 14.3. The number of aryl methyl sites for hydroxylation is 1. The molecule has 2 aromatic rings. The maximum atomic E-state index is 12.7. The van der Waals surface area contributed by atoms with Gasteiger partial charge in [-0.3, -0.25) is 14.4 Å².